The van der Waals surface area contributed by atoms with Gasteiger partial charge in [0.1, 0.15) is 11.6 Å². The van der Waals surface area contributed by atoms with Crippen LogP contribution in [0.5, 0.6) is 5.75 Å². The molecule has 0 saturated carbocycles. The Bertz CT molecular complexity index is 1300. The average Bonchev–Trinajstić information content (AvgIpc) is 3.44. The zero-order valence-electron chi connectivity index (χ0n) is 23.1. The fourth-order valence-corrected chi connectivity index (χ4v) is 5.76. The van der Waals surface area contributed by atoms with Gasteiger partial charge >= 0.3 is 6.09 Å². The molecule has 2 aliphatic rings. The van der Waals surface area contributed by atoms with Crippen molar-refractivity contribution in [2.45, 2.75) is 31.8 Å². The van der Waals surface area contributed by atoms with Crippen molar-refractivity contribution in [3.05, 3.63) is 48.0 Å². The molecule has 0 aliphatic carbocycles. The van der Waals surface area contributed by atoms with Crippen LogP contribution < -0.4 is 25.2 Å². The minimum atomic E-state index is -0.854. The second-order valence-corrected chi connectivity index (χ2v) is 10.6. The molecule has 2 saturated heterocycles. The topological polar surface area (TPSA) is 106 Å². The van der Waals surface area contributed by atoms with Crippen molar-refractivity contribution < 1.29 is 14.6 Å². The number of carbonyl (C=O) groups is 1. The second-order valence-electron chi connectivity index (χ2n) is 10.6. The number of carboxylic acid groups (broad SMARTS) is 1. The molecule has 208 valence electrons. The zero-order valence-corrected chi connectivity index (χ0v) is 23.1. The van der Waals surface area contributed by atoms with Crippen molar-refractivity contribution in [3.8, 4) is 5.75 Å². The van der Waals surface area contributed by atoms with Gasteiger partial charge in [-0.3, -0.25) is 0 Å². The van der Waals surface area contributed by atoms with Crippen LogP contribution in [0.15, 0.2) is 42.5 Å². The highest BCUT2D eigenvalue weighted by Gasteiger charge is 2.28. The Morgan fingerprint density at radius 2 is 1.92 bits per heavy atom. The van der Waals surface area contributed by atoms with Crippen LogP contribution in [0, 0.1) is 5.92 Å². The quantitative estimate of drug-likeness (QED) is 0.378. The van der Waals surface area contributed by atoms with Gasteiger partial charge in [-0.25, -0.2) is 9.78 Å². The number of likely N-dealkylation sites (tertiary alicyclic amines) is 1. The Balaban J connectivity index is 1.52. The molecule has 1 unspecified atom stereocenters. The molecule has 3 heterocycles. The molecular weight excluding hydrogens is 494 g/mol. The lowest BCUT2D eigenvalue weighted by molar-refractivity contribution is 0.154. The van der Waals surface area contributed by atoms with Crippen molar-refractivity contribution in [1.82, 2.24) is 20.2 Å². The van der Waals surface area contributed by atoms with Crippen LogP contribution in [-0.4, -0.2) is 86.0 Å². The molecule has 2 aromatic carbocycles. The lowest BCUT2D eigenvalue weighted by Gasteiger charge is -2.37. The molecule has 5 rings (SSSR count). The van der Waals surface area contributed by atoms with Crippen molar-refractivity contribution >= 4 is 34.4 Å². The van der Waals surface area contributed by atoms with Crippen molar-refractivity contribution in [2.24, 2.45) is 5.92 Å². The van der Waals surface area contributed by atoms with Crippen LogP contribution in [-0.2, 0) is 6.54 Å². The molecule has 10 nitrogen and oxygen atoms in total. The van der Waals surface area contributed by atoms with E-state index in [9.17, 15) is 9.90 Å². The summed E-state index contributed by atoms with van der Waals surface area (Å²) in [6.07, 6.45) is 2.01. The van der Waals surface area contributed by atoms with Gasteiger partial charge in [-0.15, -0.1) is 0 Å². The highest BCUT2D eigenvalue weighted by atomic mass is 16.5. The summed E-state index contributed by atoms with van der Waals surface area (Å²) in [5.41, 5.74) is 3.13. The third-order valence-corrected chi connectivity index (χ3v) is 7.85. The Hall–Kier alpha value is -3.79. The molecule has 3 aromatic rings. The van der Waals surface area contributed by atoms with E-state index in [2.05, 4.69) is 46.7 Å². The summed E-state index contributed by atoms with van der Waals surface area (Å²) >= 11 is 0. The van der Waals surface area contributed by atoms with Gasteiger partial charge < -0.3 is 35.2 Å². The highest BCUT2D eigenvalue weighted by Crippen LogP contribution is 2.35. The average molecular weight is 534 g/mol. The van der Waals surface area contributed by atoms with Crippen LogP contribution in [0.1, 0.15) is 24.8 Å². The number of fused-ring (bicyclic) bond motifs is 1. The maximum Gasteiger partial charge on any atom is 0.407 e. The fourth-order valence-electron chi connectivity index (χ4n) is 5.76. The molecule has 1 amide bonds. The number of nitrogens with one attached hydrogen (secondary N) is 2. The number of nitrogens with zero attached hydrogens (tertiary/aromatic N) is 5. The predicted octanol–water partition coefficient (Wildman–Crippen LogP) is 3.87. The van der Waals surface area contributed by atoms with Gasteiger partial charge in [-0.1, -0.05) is 18.2 Å². The number of hydrogen-bond donors (Lipinski definition) is 3. The van der Waals surface area contributed by atoms with E-state index in [1.807, 2.05) is 30.3 Å². The number of rotatable bonds is 9. The number of benzene rings is 2. The predicted molar refractivity (Wildman–Crippen MR) is 155 cm³/mol. The summed E-state index contributed by atoms with van der Waals surface area (Å²) in [5, 5.41) is 17.3. The first kappa shape index (κ1) is 26.8. The van der Waals surface area contributed by atoms with Crippen LogP contribution in [0.25, 0.3) is 10.9 Å². The molecule has 10 heteroatoms. The Labute approximate surface area is 230 Å². The molecule has 2 fully saturated rings. The van der Waals surface area contributed by atoms with Gasteiger partial charge in [-0.05, 0) is 62.5 Å². The fraction of sp³-hybridized carbons (Fsp3) is 0.483. The van der Waals surface area contributed by atoms with Crippen LogP contribution >= 0.6 is 0 Å². The number of anilines is 3. The first-order valence-electron chi connectivity index (χ1n) is 13.7. The van der Waals surface area contributed by atoms with E-state index < -0.39 is 6.09 Å². The smallest absolute Gasteiger partial charge is 0.407 e. The minimum absolute atomic E-state index is 0.233. The third kappa shape index (κ3) is 5.95. The van der Waals surface area contributed by atoms with Crippen molar-refractivity contribution in [2.75, 3.05) is 69.0 Å². The van der Waals surface area contributed by atoms with Gasteiger partial charge in [0.2, 0.25) is 5.95 Å². The lowest BCUT2D eigenvalue weighted by atomic mass is 10.0. The van der Waals surface area contributed by atoms with Gasteiger partial charge in [0.05, 0.1) is 19.2 Å². The standard InChI is InChI=1S/C29H39N7O3/c1-34(2)25-9-6-10-26(39-3)23(25)19-36(21-11-14-30-15-12-21)27-22-7-4-5-8-24(22)32-28(33-27)31-17-20-13-16-35(18-20)29(37)38/h4-10,20-21,30H,11-19H2,1-3H3,(H,37,38)(H,31,32,33). The molecule has 39 heavy (non-hydrogen) atoms. The van der Waals surface area contributed by atoms with E-state index >= 15 is 0 Å². The van der Waals surface area contributed by atoms with E-state index in [4.69, 9.17) is 14.7 Å². The number of ether oxygens (including phenoxy) is 1. The van der Waals surface area contributed by atoms with E-state index in [1.165, 1.54) is 4.90 Å². The zero-order chi connectivity index (χ0) is 27.4. The van der Waals surface area contributed by atoms with E-state index in [-0.39, 0.29) is 5.92 Å². The summed E-state index contributed by atoms with van der Waals surface area (Å²) in [6, 6.07) is 14.7. The van der Waals surface area contributed by atoms with Gasteiger partial charge in [0.15, 0.2) is 0 Å². The first-order chi connectivity index (χ1) is 18.9. The van der Waals surface area contributed by atoms with E-state index in [0.717, 1.165) is 66.1 Å². The lowest BCUT2D eigenvalue weighted by Crippen LogP contribution is -2.43. The van der Waals surface area contributed by atoms with Gasteiger partial charge in [0, 0.05) is 56.4 Å². The molecule has 1 atom stereocenters. The normalized spacial score (nSPS) is 17.8. The van der Waals surface area contributed by atoms with Gasteiger partial charge in [0.25, 0.3) is 0 Å². The molecule has 0 bridgehead atoms. The van der Waals surface area contributed by atoms with E-state index in [1.54, 1.807) is 7.11 Å². The van der Waals surface area contributed by atoms with Crippen LogP contribution in [0.2, 0.25) is 0 Å². The van der Waals surface area contributed by atoms with Gasteiger partial charge in [-0.2, -0.15) is 4.98 Å². The maximum absolute atomic E-state index is 11.4. The summed E-state index contributed by atoms with van der Waals surface area (Å²) in [4.78, 5) is 27.4. The molecule has 3 N–H and O–H groups in total. The molecule has 1 aromatic heterocycles. The number of amides is 1. The summed E-state index contributed by atoms with van der Waals surface area (Å²) in [7, 11) is 5.84. The number of aromatic nitrogens is 2. The monoisotopic (exact) mass is 533 g/mol. The Morgan fingerprint density at radius 1 is 1.13 bits per heavy atom. The Morgan fingerprint density at radius 3 is 2.64 bits per heavy atom. The Kier molecular flexibility index (Phi) is 8.21. The van der Waals surface area contributed by atoms with Crippen LogP contribution in [0.3, 0.4) is 0 Å². The molecule has 0 spiro atoms. The second kappa shape index (κ2) is 11.9. The third-order valence-electron chi connectivity index (χ3n) is 7.85. The molecule has 2 aliphatic heterocycles. The summed E-state index contributed by atoms with van der Waals surface area (Å²) in [5.74, 6) is 2.57. The van der Waals surface area contributed by atoms with Crippen molar-refractivity contribution in [1.29, 1.82) is 0 Å². The largest absolute Gasteiger partial charge is 0.496 e. The number of methoxy groups -OCH3 is 1. The minimum Gasteiger partial charge on any atom is -0.496 e. The molecule has 0 radical (unpaired) electrons. The first-order valence-corrected chi connectivity index (χ1v) is 13.7. The summed E-state index contributed by atoms with van der Waals surface area (Å²) in [6.45, 7) is 4.31. The number of hydrogen-bond acceptors (Lipinski definition) is 8. The molecular formula is C29H39N7O3. The SMILES string of the molecule is COc1cccc(N(C)C)c1CN(c1nc(NCC2CCN(C(=O)O)C2)nc2ccccc12)C1CCNCC1. The number of piperidine rings is 1. The van der Waals surface area contributed by atoms with Crippen LogP contribution in [0.4, 0.5) is 22.2 Å². The highest BCUT2D eigenvalue weighted by molar-refractivity contribution is 5.90. The maximum atomic E-state index is 11.4. The summed E-state index contributed by atoms with van der Waals surface area (Å²) < 4.78 is 5.84. The van der Waals surface area contributed by atoms with E-state index in [0.29, 0.717) is 38.2 Å². The number of para-hydroxylation sites is 1. The van der Waals surface area contributed by atoms with Crippen molar-refractivity contribution in [3.63, 3.8) is 0 Å².